The van der Waals surface area contributed by atoms with E-state index >= 15 is 0 Å². The first-order valence-corrected chi connectivity index (χ1v) is 7.65. The van der Waals surface area contributed by atoms with E-state index in [0.29, 0.717) is 26.1 Å². The fourth-order valence-corrected chi connectivity index (χ4v) is 2.98. The summed E-state index contributed by atoms with van der Waals surface area (Å²) in [6.07, 6.45) is 5.26. The van der Waals surface area contributed by atoms with Gasteiger partial charge in [0.25, 0.3) is 0 Å². The second kappa shape index (κ2) is 7.47. The number of piperidine rings is 2. The number of carboxylic acid groups (broad SMARTS) is 1. The number of hydrogen-bond acceptors (Lipinski definition) is 3. The number of carboxylic acids is 1. The zero-order chi connectivity index (χ0) is 14.4. The highest BCUT2D eigenvalue weighted by molar-refractivity contribution is 5.76. The monoisotopic (exact) mass is 283 g/mol. The van der Waals surface area contributed by atoms with Crippen molar-refractivity contribution in [2.75, 3.05) is 39.3 Å². The molecule has 20 heavy (non-hydrogen) atoms. The normalized spacial score (nSPS) is 24.4. The minimum absolute atomic E-state index is 0.118. The quantitative estimate of drug-likeness (QED) is 0.806. The van der Waals surface area contributed by atoms with E-state index in [9.17, 15) is 9.59 Å². The van der Waals surface area contributed by atoms with Crippen LogP contribution in [0.1, 0.15) is 32.1 Å². The second-order valence-electron chi connectivity index (χ2n) is 5.76. The molecular formula is C14H25N3O3. The van der Waals surface area contributed by atoms with Crippen LogP contribution in [0.4, 0.5) is 4.79 Å². The minimum Gasteiger partial charge on any atom is -0.481 e. The Morgan fingerprint density at radius 3 is 2.55 bits per heavy atom. The maximum Gasteiger partial charge on any atom is 0.317 e. The lowest BCUT2D eigenvalue weighted by Gasteiger charge is -2.31. The van der Waals surface area contributed by atoms with E-state index in [1.165, 1.54) is 19.3 Å². The third-order valence-corrected chi connectivity index (χ3v) is 4.21. The fourth-order valence-electron chi connectivity index (χ4n) is 2.98. The second-order valence-corrected chi connectivity index (χ2v) is 5.76. The largest absolute Gasteiger partial charge is 0.481 e. The number of carbonyl (C=O) groups excluding carboxylic acids is 1. The van der Waals surface area contributed by atoms with Crippen molar-refractivity contribution in [3.8, 4) is 0 Å². The molecule has 1 atom stereocenters. The van der Waals surface area contributed by atoms with Crippen LogP contribution >= 0.6 is 0 Å². The first-order chi connectivity index (χ1) is 9.66. The average molecular weight is 283 g/mol. The molecule has 2 amide bonds. The van der Waals surface area contributed by atoms with E-state index in [2.05, 4.69) is 10.2 Å². The molecule has 0 aromatic rings. The summed E-state index contributed by atoms with van der Waals surface area (Å²) >= 11 is 0. The zero-order valence-electron chi connectivity index (χ0n) is 12.0. The Morgan fingerprint density at radius 1 is 1.10 bits per heavy atom. The van der Waals surface area contributed by atoms with Gasteiger partial charge in [0, 0.05) is 26.2 Å². The van der Waals surface area contributed by atoms with Gasteiger partial charge in [0.15, 0.2) is 0 Å². The topological polar surface area (TPSA) is 72.9 Å². The van der Waals surface area contributed by atoms with Crippen molar-refractivity contribution in [2.24, 2.45) is 5.92 Å². The van der Waals surface area contributed by atoms with Crippen LogP contribution in [-0.4, -0.2) is 66.2 Å². The molecule has 0 spiro atoms. The Bertz CT molecular complexity index is 343. The van der Waals surface area contributed by atoms with Gasteiger partial charge in [0.1, 0.15) is 0 Å². The number of carbonyl (C=O) groups is 2. The first-order valence-electron chi connectivity index (χ1n) is 7.65. The highest BCUT2D eigenvalue weighted by Crippen LogP contribution is 2.16. The molecule has 6 heteroatoms. The summed E-state index contributed by atoms with van der Waals surface area (Å²) < 4.78 is 0. The van der Waals surface area contributed by atoms with Crippen LogP contribution in [-0.2, 0) is 4.79 Å². The van der Waals surface area contributed by atoms with Gasteiger partial charge in [0.2, 0.25) is 0 Å². The molecule has 0 unspecified atom stereocenters. The van der Waals surface area contributed by atoms with Crippen molar-refractivity contribution in [2.45, 2.75) is 32.1 Å². The van der Waals surface area contributed by atoms with Gasteiger partial charge in [-0.1, -0.05) is 6.42 Å². The van der Waals surface area contributed by atoms with Gasteiger partial charge in [-0.15, -0.1) is 0 Å². The summed E-state index contributed by atoms with van der Waals surface area (Å²) in [6, 6.07) is -0.118. The minimum atomic E-state index is -0.796. The van der Waals surface area contributed by atoms with E-state index in [0.717, 1.165) is 26.1 Å². The maximum absolute atomic E-state index is 12.0. The van der Waals surface area contributed by atoms with Crippen molar-refractivity contribution >= 4 is 12.0 Å². The van der Waals surface area contributed by atoms with Crippen LogP contribution in [0.25, 0.3) is 0 Å². The van der Waals surface area contributed by atoms with Gasteiger partial charge >= 0.3 is 12.0 Å². The van der Waals surface area contributed by atoms with Crippen LogP contribution in [0.2, 0.25) is 0 Å². The standard InChI is InChI=1S/C14H25N3O3/c18-13(19)12-5-4-9-17(11-12)14(20)15-6-10-16-7-2-1-3-8-16/h12H,1-11H2,(H,15,20)(H,18,19)/t12-/m1/s1. The summed E-state index contributed by atoms with van der Waals surface area (Å²) in [7, 11) is 0. The summed E-state index contributed by atoms with van der Waals surface area (Å²) in [5, 5.41) is 11.9. The van der Waals surface area contributed by atoms with E-state index in [-0.39, 0.29) is 6.03 Å². The molecule has 0 aromatic heterocycles. The van der Waals surface area contributed by atoms with Gasteiger partial charge in [-0.05, 0) is 38.8 Å². The number of urea groups is 1. The first kappa shape index (κ1) is 15.1. The Labute approximate surface area is 120 Å². The predicted molar refractivity (Wildman–Crippen MR) is 75.6 cm³/mol. The van der Waals surface area contributed by atoms with Crippen molar-refractivity contribution in [1.29, 1.82) is 0 Å². The van der Waals surface area contributed by atoms with Gasteiger partial charge in [0.05, 0.1) is 5.92 Å². The molecule has 2 fully saturated rings. The zero-order valence-corrected chi connectivity index (χ0v) is 12.0. The maximum atomic E-state index is 12.0. The lowest BCUT2D eigenvalue weighted by atomic mass is 9.99. The van der Waals surface area contributed by atoms with Crippen molar-refractivity contribution in [3.63, 3.8) is 0 Å². The van der Waals surface area contributed by atoms with E-state index in [4.69, 9.17) is 5.11 Å². The van der Waals surface area contributed by atoms with Gasteiger partial charge in [-0.2, -0.15) is 0 Å². The van der Waals surface area contributed by atoms with Crippen molar-refractivity contribution in [1.82, 2.24) is 15.1 Å². The summed E-state index contributed by atoms with van der Waals surface area (Å²) in [4.78, 5) is 27.0. The molecule has 2 N–H and O–H groups in total. The van der Waals surface area contributed by atoms with E-state index in [1.807, 2.05) is 0 Å². The van der Waals surface area contributed by atoms with E-state index in [1.54, 1.807) is 4.90 Å². The molecule has 2 saturated heterocycles. The van der Waals surface area contributed by atoms with Crippen molar-refractivity contribution < 1.29 is 14.7 Å². The highest BCUT2D eigenvalue weighted by atomic mass is 16.4. The summed E-state index contributed by atoms with van der Waals surface area (Å²) in [5.41, 5.74) is 0. The predicted octanol–water partition coefficient (Wildman–Crippen LogP) is 0.978. The molecule has 0 radical (unpaired) electrons. The molecule has 2 heterocycles. The number of likely N-dealkylation sites (tertiary alicyclic amines) is 2. The van der Waals surface area contributed by atoms with Gasteiger partial charge in [-0.25, -0.2) is 4.79 Å². The number of nitrogens with zero attached hydrogens (tertiary/aromatic N) is 2. The molecule has 0 saturated carbocycles. The number of nitrogens with one attached hydrogen (secondary N) is 1. The third kappa shape index (κ3) is 4.37. The Kier molecular flexibility index (Phi) is 5.64. The molecule has 0 bridgehead atoms. The Morgan fingerprint density at radius 2 is 1.85 bits per heavy atom. The molecule has 2 aliphatic rings. The molecule has 6 nitrogen and oxygen atoms in total. The van der Waals surface area contributed by atoms with Gasteiger partial charge < -0.3 is 20.2 Å². The number of amides is 2. The highest BCUT2D eigenvalue weighted by Gasteiger charge is 2.27. The third-order valence-electron chi connectivity index (χ3n) is 4.21. The molecule has 0 aromatic carbocycles. The molecule has 2 aliphatic heterocycles. The van der Waals surface area contributed by atoms with Crippen LogP contribution in [0.3, 0.4) is 0 Å². The van der Waals surface area contributed by atoms with Crippen LogP contribution < -0.4 is 5.32 Å². The van der Waals surface area contributed by atoms with E-state index < -0.39 is 11.9 Å². The number of rotatable bonds is 4. The summed E-state index contributed by atoms with van der Waals surface area (Å²) in [5.74, 6) is -1.20. The number of aliphatic carboxylic acids is 1. The smallest absolute Gasteiger partial charge is 0.317 e. The van der Waals surface area contributed by atoms with Gasteiger partial charge in [-0.3, -0.25) is 4.79 Å². The van der Waals surface area contributed by atoms with Crippen LogP contribution in [0.15, 0.2) is 0 Å². The Hall–Kier alpha value is -1.30. The molecule has 0 aliphatic carbocycles. The Balaban J connectivity index is 1.67. The number of hydrogen-bond donors (Lipinski definition) is 2. The van der Waals surface area contributed by atoms with Crippen LogP contribution in [0, 0.1) is 5.92 Å². The molecular weight excluding hydrogens is 258 g/mol. The van der Waals surface area contributed by atoms with Crippen molar-refractivity contribution in [3.05, 3.63) is 0 Å². The van der Waals surface area contributed by atoms with Crippen LogP contribution in [0.5, 0.6) is 0 Å². The average Bonchev–Trinajstić information content (AvgIpc) is 2.48. The molecule has 114 valence electrons. The lowest BCUT2D eigenvalue weighted by molar-refractivity contribution is -0.143. The SMILES string of the molecule is O=C(O)[C@@H]1CCCN(C(=O)NCCN2CCCCC2)C1. The molecule has 2 rings (SSSR count). The summed E-state index contributed by atoms with van der Waals surface area (Å²) in [6.45, 7) is 4.79. The fraction of sp³-hybridized carbons (Fsp3) is 0.857. The lowest BCUT2D eigenvalue weighted by Crippen LogP contribution is -2.48.